The Bertz CT molecular complexity index is 2170. The van der Waals surface area contributed by atoms with Crippen molar-refractivity contribution in [3.63, 3.8) is 0 Å². The Balaban J connectivity index is 0.000000172. The van der Waals surface area contributed by atoms with Crippen molar-refractivity contribution < 1.29 is 24.8 Å². The van der Waals surface area contributed by atoms with E-state index in [4.69, 9.17) is 0 Å². The third kappa shape index (κ3) is 7.73. The molecule has 8 aromatic carbocycles. The molecule has 0 atom stereocenters. The number of hydrogen-bond acceptors (Lipinski definition) is 0. The summed E-state index contributed by atoms with van der Waals surface area (Å²) in [6.07, 6.45) is 4.66. The second kappa shape index (κ2) is 17.8. The van der Waals surface area contributed by atoms with Crippen LogP contribution in [0.5, 0.6) is 0 Å². The van der Waals surface area contributed by atoms with Crippen molar-refractivity contribution in [2.45, 2.75) is 25.7 Å². The summed E-state index contributed by atoms with van der Waals surface area (Å²) in [5.74, 6) is 0. The summed E-state index contributed by atoms with van der Waals surface area (Å²) < 4.78 is 0. The summed E-state index contributed by atoms with van der Waals surface area (Å²) in [5.41, 5.74) is 5.95. The van der Waals surface area contributed by atoms with E-state index in [0.29, 0.717) is 0 Å². The topological polar surface area (TPSA) is 0 Å². The molecule has 0 nitrogen and oxygen atoms in total. The SMILES string of the molecule is [Cl-].[Cl-].[Sn+2].[c]1ccc2c3c(ccc(P(c4ccccc4)c4ccccc4)c13)CC2.[c]1ccc2c3c(ccc(P(c4ccccc4)c4ccccc4)c13)CC2. The van der Waals surface area contributed by atoms with E-state index < -0.39 is 15.8 Å². The van der Waals surface area contributed by atoms with Crippen LogP contribution >= 0.6 is 15.8 Å². The van der Waals surface area contributed by atoms with Gasteiger partial charge in [-0.1, -0.05) is 170 Å². The summed E-state index contributed by atoms with van der Waals surface area (Å²) in [5, 5.41) is 14.0. The van der Waals surface area contributed by atoms with Crippen LogP contribution in [0.2, 0.25) is 0 Å². The Morgan fingerprint density at radius 3 is 0.925 bits per heavy atom. The third-order valence-corrected chi connectivity index (χ3v) is 15.0. The predicted molar refractivity (Wildman–Crippen MR) is 224 cm³/mol. The van der Waals surface area contributed by atoms with Crippen LogP contribution in [-0.2, 0) is 25.7 Å². The van der Waals surface area contributed by atoms with Crippen molar-refractivity contribution in [2.24, 2.45) is 0 Å². The van der Waals surface area contributed by atoms with Crippen LogP contribution in [-0.4, -0.2) is 23.9 Å². The minimum absolute atomic E-state index is 0. The third-order valence-electron chi connectivity index (χ3n) is 10.1. The Kier molecular flexibility index (Phi) is 13.1. The average molecular weight is 864 g/mol. The number of hydrogen-bond donors (Lipinski definition) is 0. The second-order valence-corrected chi connectivity index (χ2v) is 17.4. The van der Waals surface area contributed by atoms with Gasteiger partial charge in [-0.25, -0.2) is 0 Å². The normalized spacial score (nSPS) is 12.1. The zero-order valence-electron chi connectivity index (χ0n) is 29.1. The first-order valence-corrected chi connectivity index (χ1v) is 20.2. The molecule has 2 aliphatic carbocycles. The van der Waals surface area contributed by atoms with Gasteiger partial charge in [0, 0.05) is 0 Å². The Morgan fingerprint density at radius 1 is 0.340 bits per heavy atom. The van der Waals surface area contributed by atoms with Crippen LogP contribution in [0.15, 0.2) is 170 Å². The van der Waals surface area contributed by atoms with Gasteiger partial charge in [-0.3, -0.25) is 0 Å². The molecule has 0 unspecified atom stereocenters. The van der Waals surface area contributed by atoms with Crippen molar-refractivity contribution in [2.75, 3.05) is 0 Å². The summed E-state index contributed by atoms with van der Waals surface area (Å²) in [6, 6.07) is 69.0. The van der Waals surface area contributed by atoms with E-state index in [1.165, 1.54) is 101 Å². The Labute approximate surface area is 345 Å². The summed E-state index contributed by atoms with van der Waals surface area (Å²) >= 11 is 0. The maximum Gasteiger partial charge on any atom is 2.00 e. The van der Waals surface area contributed by atoms with Crippen molar-refractivity contribution in [3.05, 3.63) is 204 Å². The van der Waals surface area contributed by atoms with Gasteiger partial charge in [-0.15, -0.1) is 0 Å². The van der Waals surface area contributed by atoms with E-state index in [9.17, 15) is 0 Å². The van der Waals surface area contributed by atoms with Gasteiger partial charge in [0.2, 0.25) is 0 Å². The van der Waals surface area contributed by atoms with Crippen molar-refractivity contribution >= 4 is 93.1 Å². The second-order valence-electron chi connectivity index (χ2n) is 13.0. The maximum atomic E-state index is 3.58. The van der Waals surface area contributed by atoms with E-state index in [-0.39, 0.29) is 48.7 Å². The molecule has 2 aliphatic rings. The van der Waals surface area contributed by atoms with Crippen LogP contribution in [0.3, 0.4) is 0 Å². The molecule has 0 amide bonds. The molecule has 0 saturated carbocycles. The van der Waals surface area contributed by atoms with E-state index in [0.717, 1.165) is 0 Å². The summed E-state index contributed by atoms with van der Waals surface area (Å²) in [7, 11) is -1.15. The molecular formula is C48H36Cl2P2Sn. The van der Waals surface area contributed by atoms with Crippen molar-refractivity contribution in [3.8, 4) is 0 Å². The fraction of sp³-hybridized carbons (Fsp3) is 0.0833. The van der Waals surface area contributed by atoms with Gasteiger partial charge in [-0.2, -0.15) is 0 Å². The zero-order chi connectivity index (χ0) is 33.3. The largest absolute Gasteiger partial charge is 2.00 e. The molecule has 10 rings (SSSR count). The molecular weight excluding hydrogens is 828 g/mol. The molecule has 5 heteroatoms. The minimum Gasteiger partial charge on any atom is -1.00 e. The number of halogens is 2. The molecule has 0 bridgehead atoms. The van der Waals surface area contributed by atoms with Gasteiger partial charge < -0.3 is 24.8 Å². The van der Waals surface area contributed by atoms with Crippen LogP contribution in [0.4, 0.5) is 0 Å². The molecule has 0 heterocycles. The van der Waals surface area contributed by atoms with Crippen LogP contribution in [0.1, 0.15) is 22.3 Å². The average Bonchev–Trinajstić information content (AvgIpc) is 3.82. The molecule has 0 fully saturated rings. The minimum atomic E-state index is -0.574. The van der Waals surface area contributed by atoms with Crippen LogP contribution in [0, 0.1) is 12.1 Å². The molecule has 4 radical (unpaired) electrons. The predicted octanol–water partition coefficient (Wildman–Crippen LogP) is 2.62. The van der Waals surface area contributed by atoms with Gasteiger partial charge in [0.25, 0.3) is 0 Å². The number of benzene rings is 8. The molecule has 0 aromatic heterocycles. The first-order valence-electron chi connectivity index (χ1n) is 17.5. The maximum absolute atomic E-state index is 3.58. The van der Waals surface area contributed by atoms with Crippen LogP contribution in [0.25, 0.3) is 21.5 Å². The quantitative estimate of drug-likeness (QED) is 0.179. The van der Waals surface area contributed by atoms with Gasteiger partial charge in [0.05, 0.1) is 0 Å². The van der Waals surface area contributed by atoms with E-state index in [1.54, 1.807) is 0 Å². The molecule has 53 heavy (non-hydrogen) atoms. The first kappa shape index (κ1) is 39.2. The Morgan fingerprint density at radius 2 is 0.623 bits per heavy atom. The summed E-state index contributed by atoms with van der Waals surface area (Å²) in [4.78, 5) is 0. The zero-order valence-corrected chi connectivity index (χ0v) is 35.3. The smallest absolute Gasteiger partial charge is 1.00 e. The fourth-order valence-electron chi connectivity index (χ4n) is 7.82. The fourth-order valence-corrected chi connectivity index (χ4v) is 12.7. The standard InChI is InChI=1S/2C24H18P.2ClH.Sn/c2*1-3-9-20(10-4-1)25(21-11-5-2-6-12-21)23-17-16-19-15-14-18-8-7-13-22(23)24(18)19;;;/h2*1-12,16-17H,14-15H2;2*1H;/q;;;;+2/p-2. The van der Waals surface area contributed by atoms with Gasteiger partial charge in [0.15, 0.2) is 0 Å². The number of aryl methyl sites for hydroxylation is 4. The molecule has 0 saturated heterocycles. The monoisotopic (exact) mass is 864 g/mol. The van der Waals surface area contributed by atoms with Crippen molar-refractivity contribution in [1.82, 2.24) is 0 Å². The van der Waals surface area contributed by atoms with E-state index >= 15 is 0 Å². The van der Waals surface area contributed by atoms with Gasteiger partial charge >= 0.3 is 23.9 Å². The molecule has 0 aliphatic heterocycles. The van der Waals surface area contributed by atoms with E-state index in [1.807, 2.05) is 0 Å². The van der Waals surface area contributed by atoms with E-state index in [2.05, 4.69) is 182 Å². The first-order chi connectivity index (χ1) is 24.8. The molecule has 256 valence electrons. The summed E-state index contributed by atoms with van der Waals surface area (Å²) in [6.45, 7) is 0. The van der Waals surface area contributed by atoms with Gasteiger partial charge in [0.1, 0.15) is 0 Å². The van der Waals surface area contributed by atoms with Crippen molar-refractivity contribution in [1.29, 1.82) is 0 Å². The van der Waals surface area contributed by atoms with Crippen LogP contribution < -0.4 is 56.6 Å². The molecule has 0 N–H and O–H groups in total. The van der Waals surface area contributed by atoms with Gasteiger partial charge in [-0.05, 0) is 129 Å². The molecule has 8 aromatic rings. The Hall–Kier alpha value is -3.48. The molecule has 0 spiro atoms. The number of rotatable bonds is 6.